The number of carbonyl (C=O) groups excluding carboxylic acids is 1. The summed E-state index contributed by atoms with van der Waals surface area (Å²) in [6.45, 7) is 3.97. The number of nitrogens with zero attached hydrogens (tertiary/aromatic N) is 3. The number of aromatic nitrogens is 2. The van der Waals surface area contributed by atoms with Crippen LogP contribution in [0.15, 0.2) is 30.5 Å². The molecule has 2 aliphatic rings. The maximum absolute atomic E-state index is 12.9. The maximum Gasteiger partial charge on any atom is 0.255 e. The van der Waals surface area contributed by atoms with Gasteiger partial charge >= 0.3 is 0 Å². The number of ether oxygens (including phenoxy) is 1. The smallest absolute Gasteiger partial charge is 0.255 e. The number of hydrogen-bond donors (Lipinski definition) is 2. The van der Waals surface area contributed by atoms with Crippen molar-refractivity contribution in [3.05, 3.63) is 41.7 Å². The van der Waals surface area contributed by atoms with E-state index in [0.717, 1.165) is 12.2 Å². The Balaban J connectivity index is 1.48. The zero-order valence-electron chi connectivity index (χ0n) is 15.8. The van der Waals surface area contributed by atoms with Gasteiger partial charge in [0, 0.05) is 51.6 Å². The van der Waals surface area contributed by atoms with Gasteiger partial charge in [-0.1, -0.05) is 12.1 Å². The average Bonchev–Trinajstić information content (AvgIpc) is 3.11. The predicted molar refractivity (Wildman–Crippen MR) is 102 cm³/mol. The SMILES string of the molecule is CCn1cc2c(n1)C(O)CC1(CCN(C(=O)c3ccccc3NC)CC1)O2. The molecule has 2 N–H and O–H groups in total. The first-order chi connectivity index (χ1) is 13.0. The number of anilines is 1. The Morgan fingerprint density at radius 3 is 2.81 bits per heavy atom. The molecule has 0 saturated carbocycles. The standard InChI is InChI=1S/C20H26N4O3/c1-3-24-13-17-18(22-24)16(25)12-20(27-17)8-10-23(11-9-20)19(26)14-6-4-5-7-15(14)21-2/h4-7,13,16,21,25H,3,8-12H2,1-2H3. The highest BCUT2D eigenvalue weighted by atomic mass is 16.5. The highest BCUT2D eigenvalue weighted by molar-refractivity contribution is 5.99. The van der Waals surface area contributed by atoms with Crippen LogP contribution in [0.3, 0.4) is 0 Å². The van der Waals surface area contributed by atoms with Crippen molar-refractivity contribution >= 4 is 11.6 Å². The number of fused-ring (bicyclic) bond motifs is 1. The Bertz CT molecular complexity index is 840. The highest BCUT2D eigenvalue weighted by Crippen LogP contribution is 2.43. The third-order valence-corrected chi connectivity index (χ3v) is 5.68. The molecule has 0 aliphatic carbocycles. The second-order valence-electron chi connectivity index (χ2n) is 7.33. The minimum Gasteiger partial charge on any atom is -0.483 e. The molecule has 3 heterocycles. The van der Waals surface area contributed by atoms with E-state index >= 15 is 0 Å². The van der Waals surface area contributed by atoms with Crippen molar-refractivity contribution in [2.45, 2.75) is 44.4 Å². The molecule has 4 rings (SSSR count). The lowest BCUT2D eigenvalue weighted by Crippen LogP contribution is -2.51. The Hall–Kier alpha value is -2.54. The second-order valence-corrected chi connectivity index (χ2v) is 7.33. The number of amides is 1. The molecular weight excluding hydrogens is 344 g/mol. The third-order valence-electron chi connectivity index (χ3n) is 5.68. The van der Waals surface area contributed by atoms with Gasteiger partial charge in [0.2, 0.25) is 0 Å². The predicted octanol–water partition coefficient (Wildman–Crippen LogP) is 2.44. The van der Waals surface area contributed by atoms with Crippen LogP contribution < -0.4 is 10.1 Å². The molecule has 1 aromatic carbocycles. The van der Waals surface area contributed by atoms with Crippen molar-refractivity contribution in [3.63, 3.8) is 0 Å². The van der Waals surface area contributed by atoms with E-state index in [1.54, 1.807) is 4.68 Å². The molecule has 27 heavy (non-hydrogen) atoms. The van der Waals surface area contributed by atoms with E-state index in [9.17, 15) is 9.90 Å². The molecule has 144 valence electrons. The van der Waals surface area contributed by atoms with Gasteiger partial charge in [-0.25, -0.2) is 0 Å². The summed E-state index contributed by atoms with van der Waals surface area (Å²) in [4.78, 5) is 14.8. The van der Waals surface area contributed by atoms with Gasteiger partial charge in [-0.3, -0.25) is 9.48 Å². The van der Waals surface area contributed by atoms with E-state index in [1.807, 2.05) is 49.3 Å². The summed E-state index contributed by atoms with van der Waals surface area (Å²) in [5.41, 5.74) is 1.73. The van der Waals surface area contributed by atoms with E-state index in [-0.39, 0.29) is 5.91 Å². The van der Waals surface area contributed by atoms with Crippen LogP contribution in [0.4, 0.5) is 5.69 Å². The van der Waals surface area contributed by atoms with Gasteiger partial charge in [0.1, 0.15) is 17.4 Å². The molecule has 1 unspecified atom stereocenters. The number of piperidine rings is 1. The number of aliphatic hydroxyl groups excluding tert-OH is 1. The summed E-state index contributed by atoms with van der Waals surface area (Å²) in [6, 6.07) is 7.56. The van der Waals surface area contributed by atoms with E-state index in [0.29, 0.717) is 49.4 Å². The van der Waals surface area contributed by atoms with Crippen molar-refractivity contribution < 1.29 is 14.6 Å². The summed E-state index contributed by atoms with van der Waals surface area (Å²) in [5, 5.41) is 18.0. The van der Waals surface area contributed by atoms with Gasteiger partial charge in [-0.15, -0.1) is 0 Å². The van der Waals surface area contributed by atoms with E-state index in [4.69, 9.17) is 4.74 Å². The quantitative estimate of drug-likeness (QED) is 0.868. The molecule has 1 atom stereocenters. The third kappa shape index (κ3) is 3.16. The number of nitrogens with one attached hydrogen (secondary N) is 1. The maximum atomic E-state index is 12.9. The lowest BCUT2D eigenvalue weighted by Gasteiger charge is -2.44. The molecule has 2 aliphatic heterocycles. The number of benzene rings is 1. The van der Waals surface area contributed by atoms with Crippen LogP contribution in [0.25, 0.3) is 0 Å². The zero-order valence-corrected chi connectivity index (χ0v) is 15.8. The summed E-state index contributed by atoms with van der Waals surface area (Å²) < 4.78 is 8.09. The largest absolute Gasteiger partial charge is 0.483 e. The first-order valence-corrected chi connectivity index (χ1v) is 9.56. The molecule has 7 nitrogen and oxygen atoms in total. The highest BCUT2D eigenvalue weighted by Gasteiger charge is 2.45. The number of likely N-dealkylation sites (tertiary alicyclic amines) is 1. The topological polar surface area (TPSA) is 79.6 Å². The van der Waals surface area contributed by atoms with Crippen LogP contribution in [-0.4, -0.2) is 51.4 Å². The van der Waals surface area contributed by atoms with Crippen LogP contribution in [0.5, 0.6) is 5.75 Å². The lowest BCUT2D eigenvalue weighted by molar-refractivity contribution is -0.0504. The molecule has 1 amide bonds. The number of aryl methyl sites for hydroxylation is 1. The van der Waals surface area contributed by atoms with Crippen molar-refractivity contribution in [1.82, 2.24) is 14.7 Å². The molecule has 1 fully saturated rings. The first-order valence-electron chi connectivity index (χ1n) is 9.56. The van der Waals surface area contributed by atoms with Crippen LogP contribution in [0.2, 0.25) is 0 Å². The Morgan fingerprint density at radius 2 is 2.11 bits per heavy atom. The van der Waals surface area contributed by atoms with Crippen molar-refractivity contribution in [3.8, 4) is 5.75 Å². The summed E-state index contributed by atoms with van der Waals surface area (Å²) >= 11 is 0. The Kier molecular flexibility index (Phi) is 4.55. The fourth-order valence-electron chi connectivity index (χ4n) is 4.09. The Labute approximate surface area is 158 Å². The van der Waals surface area contributed by atoms with Gasteiger partial charge in [0.15, 0.2) is 5.75 Å². The van der Waals surface area contributed by atoms with Gasteiger partial charge in [-0.05, 0) is 19.1 Å². The fourth-order valence-corrected chi connectivity index (χ4v) is 4.09. The lowest BCUT2D eigenvalue weighted by atomic mass is 9.83. The van der Waals surface area contributed by atoms with Crippen molar-refractivity contribution in [1.29, 1.82) is 0 Å². The average molecular weight is 370 g/mol. The van der Waals surface area contributed by atoms with Crippen molar-refractivity contribution in [2.75, 3.05) is 25.5 Å². The van der Waals surface area contributed by atoms with Crippen molar-refractivity contribution in [2.24, 2.45) is 0 Å². The summed E-state index contributed by atoms with van der Waals surface area (Å²) in [6.07, 6.45) is 3.17. The fraction of sp³-hybridized carbons (Fsp3) is 0.500. The van der Waals surface area contributed by atoms with E-state index in [2.05, 4.69) is 10.4 Å². The van der Waals surface area contributed by atoms with Gasteiger partial charge in [0.25, 0.3) is 5.91 Å². The number of para-hydroxylation sites is 1. The molecule has 7 heteroatoms. The molecule has 0 radical (unpaired) electrons. The molecule has 2 aromatic rings. The Morgan fingerprint density at radius 1 is 1.37 bits per heavy atom. The van der Waals surface area contributed by atoms with Crippen LogP contribution in [-0.2, 0) is 6.54 Å². The summed E-state index contributed by atoms with van der Waals surface area (Å²) in [7, 11) is 1.82. The number of hydrogen-bond acceptors (Lipinski definition) is 5. The van der Waals surface area contributed by atoms with Gasteiger partial charge in [0.05, 0.1) is 11.8 Å². The number of carbonyl (C=O) groups is 1. The summed E-state index contributed by atoms with van der Waals surface area (Å²) in [5.74, 6) is 0.710. The van der Waals surface area contributed by atoms with Crippen LogP contribution >= 0.6 is 0 Å². The first kappa shape index (κ1) is 17.9. The molecule has 0 bridgehead atoms. The molecule has 1 aromatic heterocycles. The molecule has 1 spiro atoms. The van der Waals surface area contributed by atoms with Gasteiger partial charge in [-0.2, -0.15) is 5.10 Å². The minimum atomic E-state index is -0.617. The normalized spacial score (nSPS) is 20.9. The second kappa shape index (κ2) is 6.88. The molecule has 1 saturated heterocycles. The van der Waals surface area contributed by atoms with Crippen LogP contribution in [0, 0.1) is 0 Å². The van der Waals surface area contributed by atoms with Crippen LogP contribution in [0.1, 0.15) is 48.3 Å². The number of rotatable bonds is 3. The van der Waals surface area contributed by atoms with E-state index < -0.39 is 11.7 Å². The zero-order chi connectivity index (χ0) is 19.0. The molecular formula is C20H26N4O3. The van der Waals surface area contributed by atoms with E-state index in [1.165, 1.54) is 0 Å². The monoisotopic (exact) mass is 370 g/mol. The van der Waals surface area contributed by atoms with Gasteiger partial charge < -0.3 is 20.1 Å². The number of aliphatic hydroxyl groups is 1. The minimum absolute atomic E-state index is 0.0330.